The normalized spacial score (nSPS) is 18.9. The van der Waals surface area contributed by atoms with Crippen molar-refractivity contribution in [2.45, 2.75) is 54.7 Å². The minimum Gasteiger partial charge on any atom is -0.304 e. The molecule has 0 aliphatic carbocycles. The molecule has 0 aromatic heterocycles. The lowest BCUT2D eigenvalue weighted by Crippen LogP contribution is -2.44. The fraction of sp³-hybridized carbons (Fsp3) is 0.576. The van der Waals surface area contributed by atoms with E-state index in [0.29, 0.717) is 12.8 Å². The van der Waals surface area contributed by atoms with Gasteiger partial charge in [0, 0.05) is 86.1 Å². The third-order valence-corrected chi connectivity index (χ3v) is 10.1. The van der Waals surface area contributed by atoms with Crippen molar-refractivity contribution in [3.63, 3.8) is 0 Å². The van der Waals surface area contributed by atoms with Crippen molar-refractivity contribution in [2.75, 3.05) is 79.5 Å². The summed E-state index contributed by atoms with van der Waals surface area (Å²) in [7, 11) is 4.37. The number of ketones is 2. The number of unbranched alkanes of at least 4 members (excludes halogenated alkanes) is 2. The van der Waals surface area contributed by atoms with Crippen LogP contribution in [0.5, 0.6) is 0 Å². The van der Waals surface area contributed by atoms with Crippen LogP contribution in [0, 0.1) is 0 Å². The smallest absolute Gasteiger partial charge is 0.162 e. The van der Waals surface area contributed by atoms with Gasteiger partial charge in [-0.1, -0.05) is 23.9 Å². The Kier molecular flexibility index (Phi) is 10.5. The van der Waals surface area contributed by atoms with Gasteiger partial charge in [0.25, 0.3) is 0 Å². The van der Waals surface area contributed by atoms with Gasteiger partial charge in [-0.3, -0.25) is 9.59 Å². The van der Waals surface area contributed by atoms with Crippen LogP contribution in [0.15, 0.2) is 46.2 Å². The molecule has 0 bridgehead atoms. The lowest BCUT2D eigenvalue weighted by atomic mass is 9.96. The molecule has 0 radical (unpaired) electrons. The highest BCUT2D eigenvalue weighted by Crippen LogP contribution is 2.40. The zero-order valence-corrected chi connectivity index (χ0v) is 25.3. The predicted octanol–water partition coefficient (Wildman–Crippen LogP) is 4.94. The van der Waals surface area contributed by atoms with E-state index < -0.39 is 0 Å². The Bertz CT molecular complexity index is 1080. The maximum absolute atomic E-state index is 13.0. The highest BCUT2D eigenvalue weighted by molar-refractivity contribution is 7.99. The Morgan fingerprint density at radius 2 is 1.05 bits per heavy atom. The van der Waals surface area contributed by atoms with Crippen LogP contribution in [-0.2, 0) is 6.42 Å². The molecule has 3 aliphatic rings. The highest BCUT2D eigenvalue weighted by Gasteiger charge is 2.20. The first-order valence-corrected chi connectivity index (χ1v) is 16.1. The molecule has 0 saturated carbocycles. The number of hydrogen-bond donors (Lipinski definition) is 0. The summed E-state index contributed by atoms with van der Waals surface area (Å²) in [6, 6.07) is 12.4. The van der Waals surface area contributed by atoms with Crippen molar-refractivity contribution >= 4 is 23.3 Å². The third-order valence-electron chi connectivity index (χ3n) is 8.81. The van der Waals surface area contributed by atoms with E-state index in [2.05, 4.69) is 58.0 Å². The van der Waals surface area contributed by atoms with E-state index in [1.807, 2.05) is 12.1 Å². The number of carbonyl (C=O) groups is 2. The largest absolute Gasteiger partial charge is 0.304 e. The summed E-state index contributed by atoms with van der Waals surface area (Å²) in [6.45, 7) is 11.3. The molecule has 0 N–H and O–H groups in total. The molecule has 216 valence electrons. The maximum atomic E-state index is 13.0. The second-order valence-corrected chi connectivity index (χ2v) is 13.1. The van der Waals surface area contributed by atoms with Crippen LogP contribution >= 0.6 is 11.8 Å². The van der Waals surface area contributed by atoms with Gasteiger partial charge in [-0.05, 0) is 94.7 Å². The minimum absolute atomic E-state index is 0.248. The van der Waals surface area contributed by atoms with Crippen LogP contribution in [0.25, 0.3) is 0 Å². The van der Waals surface area contributed by atoms with Crippen LogP contribution in [0.1, 0.15) is 70.4 Å². The van der Waals surface area contributed by atoms with Crippen LogP contribution in [-0.4, -0.2) is 111 Å². The van der Waals surface area contributed by atoms with Crippen LogP contribution in [0.4, 0.5) is 0 Å². The monoisotopic (exact) mass is 562 g/mol. The number of Topliss-reactive ketones (excluding diaryl/α,β-unsaturated/α-hetero) is 2. The molecule has 3 heterocycles. The molecule has 0 unspecified atom stereocenters. The van der Waals surface area contributed by atoms with Crippen LogP contribution < -0.4 is 0 Å². The molecule has 5 rings (SSSR count). The Morgan fingerprint density at radius 1 is 0.625 bits per heavy atom. The van der Waals surface area contributed by atoms with E-state index in [1.54, 1.807) is 11.8 Å². The predicted molar refractivity (Wildman–Crippen MR) is 164 cm³/mol. The maximum Gasteiger partial charge on any atom is 0.162 e. The van der Waals surface area contributed by atoms with Crippen molar-refractivity contribution in [1.29, 1.82) is 0 Å². The van der Waals surface area contributed by atoms with Crippen LogP contribution in [0.2, 0.25) is 0 Å². The zero-order chi connectivity index (χ0) is 27.9. The second-order valence-electron chi connectivity index (χ2n) is 12.0. The van der Waals surface area contributed by atoms with Gasteiger partial charge in [-0.15, -0.1) is 0 Å². The molecule has 0 amide bonds. The summed E-state index contributed by atoms with van der Waals surface area (Å²) in [6.07, 6.45) is 6.06. The average Bonchev–Trinajstić information content (AvgIpc) is 2.97. The lowest BCUT2D eigenvalue weighted by Gasteiger charge is -2.32. The Morgan fingerprint density at radius 3 is 1.48 bits per heavy atom. The molecule has 0 atom stereocenters. The van der Waals surface area contributed by atoms with Crippen molar-refractivity contribution < 1.29 is 9.59 Å². The van der Waals surface area contributed by atoms with E-state index >= 15 is 0 Å². The Labute approximate surface area is 245 Å². The Hall–Kier alpha value is -2.03. The number of piperazine rings is 2. The topological polar surface area (TPSA) is 47.1 Å². The standard InChI is InChI=1S/C33H46N4O2S/c1-34-15-19-36(20-16-34)13-5-3-7-30(38)26-9-11-32-28(23-26)25-29-24-27(10-12-33(29)40-32)31(39)8-4-6-14-37-21-17-35(2)18-22-37/h9-12,23-24H,3-8,13-22,25H2,1-2H3. The van der Waals surface area contributed by atoms with E-state index in [4.69, 9.17) is 0 Å². The van der Waals surface area contributed by atoms with Gasteiger partial charge in [0.05, 0.1) is 0 Å². The number of fused-ring (bicyclic) bond motifs is 2. The number of likely N-dealkylation sites (N-methyl/N-ethyl adjacent to an activating group) is 2. The SMILES string of the molecule is CN1CCN(CCCCC(=O)c2ccc3c(c2)Cc2cc(C(=O)CCCCN4CCN(C)CC4)ccc2S3)CC1. The fourth-order valence-corrected chi connectivity index (χ4v) is 7.01. The molecule has 2 aromatic carbocycles. The molecule has 2 saturated heterocycles. The van der Waals surface area contributed by atoms with Gasteiger partial charge in [-0.2, -0.15) is 0 Å². The van der Waals surface area contributed by atoms with Gasteiger partial charge < -0.3 is 19.6 Å². The summed E-state index contributed by atoms with van der Waals surface area (Å²) < 4.78 is 0. The summed E-state index contributed by atoms with van der Waals surface area (Å²) in [5.41, 5.74) is 4.07. The van der Waals surface area contributed by atoms with E-state index in [1.165, 1.54) is 20.9 Å². The number of rotatable bonds is 12. The van der Waals surface area contributed by atoms with Crippen molar-refractivity contribution in [2.24, 2.45) is 0 Å². The molecule has 0 spiro atoms. The second kappa shape index (κ2) is 14.2. The van der Waals surface area contributed by atoms with Crippen molar-refractivity contribution in [1.82, 2.24) is 19.6 Å². The van der Waals surface area contributed by atoms with Gasteiger partial charge in [0.2, 0.25) is 0 Å². The molecule has 7 heteroatoms. The summed E-state index contributed by atoms with van der Waals surface area (Å²) >= 11 is 1.76. The lowest BCUT2D eigenvalue weighted by molar-refractivity contribution is 0.0967. The molecular weight excluding hydrogens is 516 g/mol. The summed E-state index contributed by atoms with van der Waals surface area (Å²) in [5.74, 6) is 0.495. The first-order valence-electron chi connectivity index (χ1n) is 15.3. The molecule has 2 aromatic rings. The van der Waals surface area contributed by atoms with Crippen LogP contribution in [0.3, 0.4) is 0 Å². The molecule has 6 nitrogen and oxygen atoms in total. The van der Waals surface area contributed by atoms with Crippen molar-refractivity contribution in [3.8, 4) is 0 Å². The molecule has 2 fully saturated rings. The number of hydrogen-bond acceptors (Lipinski definition) is 7. The number of nitrogens with zero attached hydrogens (tertiary/aromatic N) is 4. The Balaban J connectivity index is 1.09. The molecule has 40 heavy (non-hydrogen) atoms. The summed E-state index contributed by atoms with van der Waals surface area (Å²) in [4.78, 5) is 38.2. The van der Waals surface area contributed by atoms with Gasteiger partial charge in [0.15, 0.2) is 11.6 Å². The first-order chi connectivity index (χ1) is 19.4. The first kappa shape index (κ1) is 29.5. The zero-order valence-electron chi connectivity index (χ0n) is 24.5. The van der Waals surface area contributed by atoms with Gasteiger partial charge in [-0.25, -0.2) is 0 Å². The van der Waals surface area contributed by atoms with E-state index in [9.17, 15) is 9.59 Å². The van der Waals surface area contributed by atoms with E-state index in [0.717, 1.165) is 109 Å². The fourth-order valence-electron chi connectivity index (χ4n) is 5.98. The average molecular weight is 563 g/mol. The summed E-state index contributed by atoms with van der Waals surface area (Å²) in [5, 5.41) is 0. The highest BCUT2D eigenvalue weighted by atomic mass is 32.2. The number of benzene rings is 2. The molecular formula is C33H46N4O2S. The van der Waals surface area contributed by atoms with Crippen molar-refractivity contribution in [3.05, 3.63) is 58.7 Å². The molecule has 3 aliphatic heterocycles. The quantitative estimate of drug-likeness (QED) is 0.229. The third kappa shape index (κ3) is 8.04. The van der Waals surface area contributed by atoms with Gasteiger partial charge in [0.1, 0.15) is 0 Å². The minimum atomic E-state index is 0.248. The van der Waals surface area contributed by atoms with Gasteiger partial charge >= 0.3 is 0 Å². The number of carbonyl (C=O) groups excluding carboxylic acids is 2. The van der Waals surface area contributed by atoms with E-state index in [-0.39, 0.29) is 11.6 Å².